The molecule has 2 heterocycles. The van der Waals surface area contributed by atoms with Crippen LogP contribution in [0, 0.1) is 0 Å². The van der Waals surface area contributed by atoms with Crippen molar-refractivity contribution < 1.29 is 0 Å². The first kappa shape index (κ1) is 17.7. The Morgan fingerprint density at radius 2 is 1.81 bits per heavy atom. The predicted octanol–water partition coefficient (Wildman–Crippen LogP) is 4.21. The number of nitrogens with zero attached hydrogens (tertiary/aromatic N) is 3. The van der Waals surface area contributed by atoms with Gasteiger partial charge in [-0.05, 0) is 37.4 Å². The summed E-state index contributed by atoms with van der Waals surface area (Å²) in [5, 5.41) is 4.26. The monoisotopic (exact) mass is 386 g/mol. The number of benzene rings is 2. The molecule has 0 atom stereocenters. The van der Waals surface area contributed by atoms with Gasteiger partial charge in [-0.15, -0.1) is 0 Å². The van der Waals surface area contributed by atoms with Crippen LogP contribution in [0.5, 0.6) is 0 Å². The number of fused-ring (bicyclic) bond motifs is 2. The first-order valence-corrected chi connectivity index (χ1v) is 10.0. The highest BCUT2D eigenvalue weighted by Crippen LogP contribution is 2.49. The normalized spacial score (nSPS) is 17.5. The van der Waals surface area contributed by atoms with Crippen molar-refractivity contribution >= 4 is 34.7 Å². The van der Waals surface area contributed by atoms with Crippen molar-refractivity contribution in [1.29, 1.82) is 0 Å². The number of rotatable bonds is 4. The van der Waals surface area contributed by atoms with Gasteiger partial charge >= 0.3 is 0 Å². The minimum atomic E-state index is 0.737. The lowest BCUT2D eigenvalue weighted by Gasteiger charge is -2.36. The molecule has 4 nitrogen and oxygen atoms in total. The molecule has 0 radical (unpaired) electrons. The van der Waals surface area contributed by atoms with E-state index in [9.17, 15) is 0 Å². The molecule has 2 aromatic carbocycles. The molecule has 26 heavy (non-hydrogen) atoms. The zero-order valence-electron chi connectivity index (χ0n) is 14.9. The van der Waals surface area contributed by atoms with Gasteiger partial charge in [-0.2, -0.15) is 0 Å². The second kappa shape index (κ2) is 7.53. The van der Waals surface area contributed by atoms with E-state index in [2.05, 4.69) is 64.0 Å². The van der Waals surface area contributed by atoms with Crippen molar-refractivity contribution in [3.05, 3.63) is 59.9 Å². The summed E-state index contributed by atoms with van der Waals surface area (Å²) < 4.78 is 0. The molecular formula is C20H23ClN4S. The molecule has 0 aliphatic carbocycles. The van der Waals surface area contributed by atoms with E-state index < -0.39 is 0 Å². The van der Waals surface area contributed by atoms with E-state index in [1.165, 1.54) is 9.79 Å². The Morgan fingerprint density at radius 1 is 1.08 bits per heavy atom. The molecular weight excluding hydrogens is 364 g/mol. The number of anilines is 2. The largest absolute Gasteiger partial charge is 0.359 e. The first-order chi connectivity index (χ1) is 12.6. The molecule has 0 saturated carbocycles. The van der Waals surface area contributed by atoms with E-state index in [0.717, 1.165) is 55.1 Å². The molecule has 0 unspecified atom stereocenters. The van der Waals surface area contributed by atoms with Crippen LogP contribution in [0.1, 0.15) is 0 Å². The SMILES string of the molecule is C=C(NCN1CCN(C)CC1)N1c2ccccc2Sc2ccc(Cl)cc21. The number of hydrogen-bond donors (Lipinski definition) is 1. The molecule has 1 N–H and O–H groups in total. The van der Waals surface area contributed by atoms with Gasteiger partial charge in [0.1, 0.15) is 5.82 Å². The number of para-hydroxylation sites is 1. The van der Waals surface area contributed by atoms with E-state index in [1.54, 1.807) is 11.8 Å². The molecule has 2 aliphatic heterocycles. The molecule has 0 bridgehead atoms. The number of likely N-dealkylation sites (N-methyl/N-ethyl adjacent to an activating group) is 1. The summed E-state index contributed by atoms with van der Waals surface area (Å²) in [7, 11) is 2.17. The average molecular weight is 387 g/mol. The lowest BCUT2D eigenvalue weighted by atomic mass is 10.2. The number of hydrogen-bond acceptors (Lipinski definition) is 5. The maximum atomic E-state index is 6.29. The van der Waals surface area contributed by atoms with Crippen molar-refractivity contribution in [1.82, 2.24) is 15.1 Å². The van der Waals surface area contributed by atoms with Gasteiger partial charge in [0.05, 0.1) is 18.0 Å². The van der Waals surface area contributed by atoms with Crippen molar-refractivity contribution in [2.75, 3.05) is 44.8 Å². The Labute approximate surface area is 164 Å². The summed E-state index contributed by atoms with van der Waals surface area (Å²) in [5.41, 5.74) is 2.22. The molecule has 2 aromatic rings. The Morgan fingerprint density at radius 3 is 2.62 bits per heavy atom. The van der Waals surface area contributed by atoms with Crippen molar-refractivity contribution in [3.8, 4) is 0 Å². The van der Waals surface area contributed by atoms with Crippen molar-refractivity contribution in [2.45, 2.75) is 9.79 Å². The molecule has 2 aliphatic rings. The number of halogens is 1. The summed E-state index contributed by atoms with van der Waals surface area (Å²) in [6, 6.07) is 14.5. The minimum Gasteiger partial charge on any atom is -0.359 e. The summed E-state index contributed by atoms with van der Waals surface area (Å²) in [6.07, 6.45) is 0. The van der Waals surface area contributed by atoms with Gasteiger partial charge in [-0.3, -0.25) is 9.80 Å². The van der Waals surface area contributed by atoms with Gasteiger partial charge in [-0.1, -0.05) is 42.1 Å². The zero-order valence-corrected chi connectivity index (χ0v) is 16.5. The van der Waals surface area contributed by atoms with Crippen LogP contribution in [-0.2, 0) is 0 Å². The fraction of sp³-hybridized carbons (Fsp3) is 0.300. The van der Waals surface area contributed by atoms with Crippen molar-refractivity contribution in [2.24, 2.45) is 0 Å². The van der Waals surface area contributed by atoms with E-state index >= 15 is 0 Å². The van der Waals surface area contributed by atoms with Gasteiger partial charge in [0, 0.05) is 41.0 Å². The standard InChI is InChI=1S/C20H23ClN4S/c1-15(22-14-24-11-9-23(2)10-12-24)25-17-5-3-4-6-19(17)26-20-8-7-16(21)13-18(20)25/h3-8,13,22H,1,9-12,14H2,2H3. The van der Waals surface area contributed by atoms with Crippen LogP contribution < -0.4 is 10.2 Å². The van der Waals surface area contributed by atoms with Crippen LogP contribution in [0.2, 0.25) is 5.02 Å². The smallest absolute Gasteiger partial charge is 0.104 e. The Bertz CT molecular complexity index is 817. The summed E-state index contributed by atoms with van der Waals surface area (Å²) >= 11 is 8.06. The van der Waals surface area contributed by atoms with Crippen LogP contribution in [-0.4, -0.2) is 49.7 Å². The fourth-order valence-electron chi connectivity index (χ4n) is 3.31. The van der Waals surface area contributed by atoms with Gasteiger partial charge < -0.3 is 10.2 Å². The van der Waals surface area contributed by atoms with E-state index in [4.69, 9.17) is 11.6 Å². The van der Waals surface area contributed by atoms with Crippen molar-refractivity contribution in [3.63, 3.8) is 0 Å². The van der Waals surface area contributed by atoms with E-state index in [1.807, 2.05) is 12.1 Å². The number of piperazine rings is 1. The summed E-state index contributed by atoms with van der Waals surface area (Å²) in [5.74, 6) is 0.875. The summed E-state index contributed by atoms with van der Waals surface area (Å²) in [4.78, 5) is 9.39. The molecule has 136 valence electrons. The van der Waals surface area contributed by atoms with E-state index in [0.29, 0.717) is 0 Å². The quantitative estimate of drug-likeness (QED) is 0.847. The van der Waals surface area contributed by atoms with Crippen LogP contribution in [0.4, 0.5) is 11.4 Å². The number of nitrogens with one attached hydrogen (secondary N) is 1. The lowest BCUT2D eigenvalue weighted by Crippen LogP contribution is -2.48. The third kappa shape index (κ3) is 3.58. The fourth-order valence-corrected chi connectivity index (χ4v) is 4.51. The average Bonchev–Trinajstić information content (AvgIpc) is 2.65. The highest BCUT2D eigenvalue weighted by molar-refractivity contribution is 7.99. The maximum Gasteiger partial charge on any atom is 0.104 e. The second-order valence-corrected chi connectivity index (χ2v) is 8.24. The third-order valence-electron chi connectivity index (χ3n) is 4.86. The van der Waals surface area contributed by atoms with Gasteiger partial charge in [-0.25, -0.2) is 0 Å². The minimum absolute atomic E-state index is 0.737. The van der Waals surface area contributed by atoms with Gasteiger partial charge in [0.15, 0.2) is 0 Å². The van der Waals surface area contributed by atoms with Crippen LogP contribution in [0.3, 0.4) is 0 Å². The molecule has 0 aromatic heterocycles. The lowest BCUT2D eigenvalue weighted by molar-refractivity contribution is 0.148. The van der Waals surface area contributed by atoms with E-state index in [-0.39, 0.29) is 0 Å². The van der Waals surface area contributed by atoms with Crippen LogP contribution >= 0.6 is 23.4 Å². The molecule has 1 fully saturated rings. The van der Waals surface area contributed by atoms with Crippen LogP contribution in [0.25, 0.3) is 0 Å². The molecule has 1 saturated heterocycles. The maximum absolute atomic E-state index is 6.29. The molecule has 0 spiro atoms. The highest BCUT2D eigenvalue weighted by atomic mass is 35.5. The Hall–Kier alpha value is -1.66. The Kier molecular flexibility index (Phi) is 5.14. The predicted molar refractivity (Wildman–Crippen MR) is 110 cm³/mol. The Balaban J connectivity index is 1.57. The highest BCUT2D eigenvalue weighted by Gasteiger charge is 2.25. The third-order valence-corrected chi connectivity index (χ3v) is 6.23. The molecule has 0 amide bonds. The topological polar surface area (TPSA) is 21.8 Å². The molecule has 4 rings (SSSR count). The zero-order chi connectivity index (χ0) is 18.1. The first-order valence-electron chi connectivity index (χ1n) is 8.82. The van der Waals surface area contributed by atoms with Crippen LogP contribution in [0.15, 0.2) is 64.7 Å². The van der Waals surface area contributed by atoms with Gasteiger partial charge in [0.2, 0.25) is 0 Å². The molecule has 6 heteroatoms. The summed E-state index contributed by atoms with van der Waals surface area (Å²) in [6.45, 7) is 9.49. The van der Waals surface area contributed by atoms with Gasteiger partial charge in [0.25, 0.3) is 0 Å². The second-order valence-electron chi connectivity index (χ2n) is 6.72.